The quantitative estimate of drug-likeness (QED) is 0.406. The number of nitrogens with one attached hydrogen (secondary N) is 1. The third-order valence-corrected chi connectivity index (χ3v) is 1.80. The minimum Gasteiger partial charge on any atom is -0.334 e. The molecule has 1 rings (SSSR count). The number of carbonyl (C=O) groups excluding carboxylic acids is 1. The smallest absolute Gasteiger partial charge is 0.210 e. The van der Waals surface area contributed by atoms with Crippen LogP contribution in [0.2, 0.25) is 0 Å². The second-order valence-electron chi connectivity index (χ2n) is 2.60. The number of likely N-dealkylation sites (N-methyl/N-ethyl adjacent to an activating group) is 1. The number of piperazine rings is 1. The van der Waals surface area contributed by atoms with Gasteiger partial charge in [0, 0.05) is 0 Å². The number of nitrogens with zero attached hydrogens (tertiary/aromatic N) is 1. The molecular formula is C6H13N2O+. The number of amides is 1. The van der Waals surface area contributed by atoms with Gasteiger partial charge in [-0.3, -0.25) is 4.79 Å². The Morgan fingerprint density at radius 3 is 2.44 bits per heavy atom. The van der Waals surface area contributed by atoms with Crippen molar-refractivity contribution < 1.29 is 9.69 Å². The molecule has 0 unspecified atom stereocenters. The van der Waals surface area contributed by atoms with Gasteiger partial charge in [0.05, 0.1) is 33.2 Å². The lowest BCUT2D eigenvalue weighted by Gasteiger charge is -2.26. The van der Waals surface area contributed by atoms with E-state index in [9.17, 15) is 4.79 Å². The van der Waals surface area contributed by atoms with Crippen molar-refractivity contribution in [2.75, 3.05) is 33.2 Å². The van der Waals surface area contributed by atoms with Crippen LogP contribution in [0.4, 0.5) is 0 Å². The van der Waals surface area contributed by atoms with Crippen LogP contribution in [-0.4, -0.2) is 44.5 Å². The van der Waals surface area contributed by atoms with Gasteiger partial charge < -0.3 is 9.80 Å². The first-order valence-corrected chi connectivity index (χ1v) is 3.33. The molecule has 52 valence electrons. The molecule has 0 atom stereocenters. The van der Waals surface area contributed by atoms with Crippen LogP contribution in [0.3, 0.4) is 0 Å². The van der Waals surface area contributed by atoms with Crippen LogP contribution < -0.4 is 4.90 Å². The highest BCUT2D eigenvalue weighted by Crippen LogP contribution is 1.80. The summed E-state index contributed by atoms with van der Waals surface area (Å²) >= 11 is 0. The highest BCUT2D eigenvalue weighted by molar-refractivity contribution is 5.46. The Morgan fingerprint density at radius 2 is 2.00 bits per heavy atom. The number of hydrogen-bond acceptors (Lipinski definition) is 1. The van der Waals surface area contributed by atoms with Gasteiger partial charge >= 0.3 is 0 Å². The van der Waals surface area contributed by atoms with E-state index in [1.807, 2.05) is 4.90 Å². The lowest BCUT2D eigenvalue weighted by atomic mass is 10.4. The third-order valence-electron chi connectivity index (χ3n) is 1.80. The average Bonchev–Trinajstić information content (AvgIpc) is 1.90. The fraction of sp³-hybridized carbons (Fsp3) is 0.833. The van der Waals surface area contributed by atoms with Gasteiger partial charge in [-0.25, -0.2) is 0 Å². The van der Waals surface area contributed by atoms with E-state index in [1.54, 1.807) is 0 Å². The second kappa shape index (κ2) is 2.82. The summed E-state index contributed by atoms with van der Waals surface area (Å²) in [5, 5.41) is 0. The summed E-state index contributed by atoms with van der Waals surface area (Å²) in [7, 11) is 2.15. The average molecular weight is 129 g/mol. The van der Waals surface area contributed by atoms with Crippen LogP contribution in [0.25, 0.3) is 0 Å². The van der Waals surface area contributed by atoms with Crippen LogP contribution in [-0.2, 0) is 4.79 Å². The molecule has 1 saturated heterocycles. The Bertz CT molecular complexity index is 97.2. The summed E-state index contributed by atoms with van der Waals surface area (Å²) in [6, 6.07) is 0. The molecule has 0 aliphatic carbocycles. The maximum Gasteiger partial charge on any atom is 0.210 e. The Kier molecular flexibility index (Phi) is 2.05. The maximum absolute atomic E-state index is 10.2. The molecule has 1 heterocycles. The molecule has 0 aromatic heterocycles. The number of rotatable bonds is 1. The molecule has 1 amide bonds. The fourth-order valence-electron chi connectivity index (χ4n) is 1.01. The summed E-state index contributed by atoms with van der Waals surface area (Å²) in [6.45, 7) is 4.04. The molecule has 0 radical (unpaired) electrons. The van der Waals surface area contributed by atoms with Crippen molar-refractivity contribution in [3.63, 3.8) is 0 Å². The number of hydrogen-bond donors (Lipinski definition) is 1. The van der Waals surface area contributed by atoms with E-state index >= 15 is 0 Å². The normalized spacial score (nSPS) is 22.1. The lowest BCUT2D eigenvalue weighted by Crippen LogP contribution is -3.11. The molecule has 3 nitrogen and oxygen atoms in total. The monoisotopic (exact) mass is 129 g/mol. The first kappa shape index (κ1) is 6.55. The van der Waals surface area contributed by atoms with Gasteiger partial charge in [0.15, 0.2) is 0 Å². The molecule has 3 heteroatoms. The van der Waals surface area contributed by atoms with E-state index < -0.39 is 0 Å². The molecule has 9 heavy (non-hydrogen) atoms. The maximum atomic E-state index is 10.2. The van der Waals surface area contributed by atoms with Crippen LogP contribution in [0.1, 0.15) is 0 Å². The van der Waals surface area contributed by atoms with Gasteiger partial charge in [0.1, 0.15) is 0 Å². The molecule has 0 saturated carbocycles. The van der Waals surface area contributed by atoms with Gasteiger partial charge in [-0.05, 0) is 0 Å². The zero-order valence-electron chi connectivity index (χ0n) is 5.76. The first-order chi connectivity index (χ1) is 4.33. The zero-order valence-corrected chi connectivity index (χ0v) is 5.76. The Hall–Kier alpha value is -0.570. The zero-order chi connectivity index (χ0) is 6.69. The van der Waals surface area contributed by atoms with Crippen molar-refractivity contribution in [1.29, 1.82) is 0 Å². The van der Waals surface area contributed by atoms with Gasteiger partial charge in [-0.2, -0.15) is 0 Å². The fourth-order valence-corrected chi connectivity index (χ4v) is 1.01. The van der Waals surface area contributed by atoms with Crippen LogP contribution >= 0.6 is 0 Å². The summed E-state index contributed by atoms with van der Waals surface area (Å²) in [5.74, 6) is 0. The van der Waals surface area contributed by atoms with Crippen molar-refractivity contribution in [3.05, 3.63) is 0 Å². The van der Waals surface area contributed by atoms with Crippen LogP contribution in [0.15, 0.2) is 0 Å². The predicted octanol–water partition coefficient (Wildman–Crippen LogP) is -2.03. The van der Waals surface area contributed by atoms with E-state index in [2.05, 4.69) is 7.05 Å². The molecule has 0 spiro atoms. The van der Waals surface area contributed by atoms with Crippen molar-refractivity contribution in [2.24, 2.45) is 0 Å². The molecule has 1 aliphatic rings. The van der Waals surface area contributed by atoms with Gasteiger partial charge in [-0.15, -0.1) is 0 Å². The summed E-state index contributed by atoms with van der Waals surface area (Å²) in [4.78, 5) is 13.5. The minimum atomic E-state index is 0.926. The van der Waals surface area contributed by atoms with Gasteiger partial charge in [-0.1, -0.05) is 0 Å². The van der Waals surface area contributed by atoms with Crippen molar-refractivity contribution in [2.45, 2.75) is 0 Å². The van der Waals surface area contributed by atoms with Crippen molar-refractivity contribution >= 4 is 6.41 Å². The minimum absolute atomic E-state index is 0.926. The second-order valence-corrected chi connectivity index (χ2v) is 2.60. The highest BCUT2D eigenvalue weighted by Gasteiger charge is 2.13. The van der Waals surface area contributed by atoms with Crippen molar-refractivity contribution in [3.8, 4) is 0 Å². The van der Waals surface area contributed by atoms with E-state index in [0.717, 1.165) is 32.6 Å². The molecule has 1 aliphatic heterocycles. The summed E-state index contributed by atoms with van der Waals surface area (Å²) in [6.07, 6.45) is 0.937. The molecule has 0 bridgehead atoms. The van der Waals surface area contributed by atoms with Gasteiger partial charge in [0.2, 0.25) is 6.41 Å². The molecular weight excluding hydrogens is 116 g/mol. The number of carbonyl (C=O) groups is 1. The molecule has 0 aromatic rings. The first-order valence-electron chi connectivity index (χ1n) is 3.33. The Morgan fingerprint density at radius 1 is 1.44 bits per heavy atom. The Labute approximate surface area is 55.2 Å². The van der Waals surface area contributed by atoms with E-state index in [4.69, 9.17) is 0 Å². The molecule has 1 N–H and O–H groups in total. The van der Waals surface area contributed by atoms with Crippen LogP contribution in [0, 0.1) is 0 Å². The largest absolute Gasteiger partial charge is 0.334 e. The standard InChI is InChI=1S/C6H12N2O/c1-7-2-4-8(6-9)5-3-7/h6H,2-5H2,1H3/p+1. The Balaban J connectivity index is 2.26. The number of quaternary nitrogens is 1. The molecule has 0 aromatic carbocycles. The van der Waals surface area contributed by atoms with Crippen molar-refractivity contribution in [1.82, 2.24) is 4.90 Å². The van der Waals surface area contributed by atoms with Crippen LogP contribution in [0.5, 0.6) is 0 Å². The summed E-state index contributed by atoms with van der Waals surface area (Å²) < 4.78 is 0. The predicted molar refractivity (Wildman–Crippen MR) is 34.3 cm³/mol. The van der Waals surface area contributed by atoms with E-state index in [-0.39, 0.29) is 0 Å². The molecule has 1 fully saturated rings. The van der Waals surface area contributed by atoms with Gasteiger partial charge in [0.25, 0.3) is 0 Å². The third kappa shape index (κ3) is 1.68. The lowest BCUT2D eigenvalue weighted by molar-refractivity contribution is -0.883. The van der Waals surface area contributed by atoms with E-state index in [1.165, 1.54) is 4.90 Å². The SMILES string of the molecule is C[NH+]1CCN(C=O)CC1. The highest BCUT2D eigenvalue weighted by atomic mass is 16.1. The topological polar surface area (TPSA) is 24.8 Å². The van der Waals surface area contributed by atoms with E-state index in [0.29, 0.717) is 0 Å². The summed E-state index contributed by atoms with van der Waals surface area (Å²) in [5.41, 5.74) is 0.